The molecule has 7 nitrogen and oxygen atoms in total. The molecule has 2 amide bonds. The number of carbonyl (C=O) groups excluding carboxylic acids is 3. The Balaban J connectivity index is 1.74. The maximum absolute atomic E-state index is 13.3. The number of rotatable bonds is 7. The SMILES string of the molecule is COC(=O)C=CC(=O)Nc1cc(Cl)c(Cl)cc1CC(=O)N(C)[C@H]1CCCC[C@@H]1N1CCCC1. The van der Waals surface area contributed by atoms with Gasteiger partial charge in [0.15, 0.2) is 0 Å². The van der Waals surface area contributed by atoms with Gasteiger partial charge in [0, 0.05) is 37.0 Å². The molecule has 2 aliphatic rings. The Morgan fingerprint density at radius 2 is 1.76 bits per heavy atom. The highest BCUT2D eigenvalue weighted by Gasteiger charge is 2.35. The summed E-state index contributed by atoms with van der Waals surface area (Å²) < 4.78 is 4.49. The summed E-state index contributed by atoms with van der Waals surface area (Å²) in [6.45, 7) is 2.20. The molecular formula is C24H31Cl2N3O4. The number of carbonyl (C=O) groups is 3. The van der Waals surface area contributed by atoms with Gasteiger partial charge in [-0.2, -0.15) is 0 Å². The quantitative estimate of drug-likeness (QED) is 0.455. The Morgan fingerprint density at radius 1 is 1.09 bits per heavy atom. The molecule has 1 aliphatic heterocycles. The van der Waals surface area contributed by atoms with Crippen LogP contribution in [-0.4, -0.2) is 66.9 Å². The van der Waals surface area contributed by atoms with Crippen molar-refractivity contribution in [1.82, 2.24) is 9.80 Å². The van der Waals surface area contributed by atoms with Gasteiger partial charge in [0.2, 0.25) is 11.8 Å². The highest BCUT2D eigenvalue weighted by atomic mass is 35.5. The molecule has 1 saturated heterocycles. The van der Waals surface area contributed by atoms with Crippen molar-refractivity contribution in [2.24, 2.45) is 0 Å². The largest absolute Gasteiger partial charge is 0.466 e. The standard InChI is InChI=1S/C24H31Cl2N3O4/c1-28(20-7-3-4-8-21(20)29-11-5-6-12-29)23(31)14-16-13-17(25)18(26)15-19(16)27-22(30)9-10-24(32)33-2/h9-10,13,15,20-21H,3-8,11-12,14H2,1-2H3,(H,27,30)/t20-,21-/m0/s1. The van der Waals surface area contributed by atoms with E-state index in [2.05, 4.69) is 15.0 Å². The number of hydrogen-bond acceptors (Lipinski definition) is 5. The Bertz CT molecular complexity index is 915. The van der Waals surface area contributed by atoms with Crippen molar-refractivity contribution in [1.29, 1.82) is 0 Å². The molecule has 2 fully saturated rings. The van der Waals surface area contributed by atoms with Gasteiger partial charge in [-0.05, 0) is 56.5 Å². The van der Waals surface area contributed by atoms with Crippen LogP contribution in [0.2, 0.25) is 10.0 Å². The number of ether oxygens (including phenoxy) is 1. The van der Waals surface area contributed by atoms with Gasteiger partial charge in [-0.25, -0.2) is 4.79 Å². The number of esters is 1. The summed E-state index contributed by atoms with van der Waals surface area (Å²) in [7, 11) is 3.10. The molecule has 0 unspecified atom stereocenters. The Kier molecular flexibility index (Phi) is 9.18. The average molecular weight is 496 g/mol. The van der Waals surface area contributed by atoms with Crippen LogP contribution in [0.25, 0.3) is 0 Å². The summed E-state index contributed by atoms with van der Waals surface area (Å²) in [5.74, 6) is -1.22. The lowest BCUT2D eigenvalue weighted by Crippen LogP contribution is -2.53. The summed E-state index contributed by atoms with van der Waals surface area (Å²) in [6.07, 6.45) is 9.02. The number of likely N-dealkylation sites (tertiary alicyclic amines) is 1. The van der Waals surface area contributed by atoms with E-state index >= 15 is 0 Å². The monoisotopic (exact) mass is 495 g/mol. The van der Waals surface area contributed by atoms with Crippen molar-refractivity contribution in [3.63, 3.8) is 0 Å². The maximum Gasteiger partial charge on any atom is 0.330 e. The predicted octanol–water partition coefficient (Wildman–Crippen LogP) is 4.07. The molecule has 180 valence electrons. The molecule has 3 rings (SSSR count). The lowest BCUT2D eigenvalue weighted by molar-refractivity contribution is -0.135. The molecular weight excluding hydrogens is 465 g/mol. The highest BCUT2D eigenvalue weighted by molar-refractivity contribution is 6.42. The summed E-state index contributed by atoms with van der Waals surface area (Å²) in [5, 5.41) is 3.24. The zero-order chi connectivity index (χ0) is 24.0. The zero-order valence-corrected chi connectivity index (χ0v) is 20.6. The van der Waals surface area contributed by atoms with Gasteiger partial charge in [-0.15, -0.1) is 0 Å². The fourth-order valence-corrected chi connectivity index (χ4v) is 5.10. The van der Waals surface area contributed by atoms with Crippen LogP contribution < -0.4 is 5.32 Å². The first kappa shape index (κ1) is 25.5. The Labute approximate surface area is 205 Å². The van der Waals surface area contributed by atoms with Crippen LogP contribution in [0.3, 0.4) is 0 Å². The number of likely N-dealkylation sites (N-methyl/N-ethyl adjacent to an activating group) is 1. The normalized spacial score (nSPS) is 21.2. The van der Waals surface area contributed by atoms with Gasteiger partial charge < -0.3 is 15.0 Å². The number of anilines is 1. The molecule has 9 heteroatoms. The topological polar surface area (TPSA) is 78.9 Å². The first-order valence-electron chi connectivity index (χ1n) is 11.3. The van der Waals surface area contributed by atoms with E-state index in [0.717, 1.165) is 44.5 Å². The third kappa shape index (κ3) is 6.71. The van der Waals surface area contributed by atoms with E-state index in [0.29, 0.717) is 22.3 Å². The minimum absolute atomic E-state index is 0.0370. The second-order valence-electron chi connectivity index (χ2n) is 8.61. The van der Waals surface area contributed by atoms with Crippen LogP contribution in [0.4, 0.5) is 5.69 Å². The van der Waals surface area contributed by atoms with E-state index in [1.807, 2.05) is 11.9 Å². The summed E-state index contributed by atoms with van der Waals surface area (Å²) >= 11 is 12.4. The van der Waals surface area contributed by atoms with Gasteiger partial charge in [0.1, 0.15) is 0 Å². The lowest BCUT2D eigenvalue weighted by Gasteiger charge is -2.42. The van der Waals surface area contributed by atoms with E-state index in [1.165, 1.54) is 32.4 Å². The van der Waals surface area contributed by atoms with Crippen LogP contribution >= 0.6 is 23.2 Å². The van der Waals surface area contributed by atoms with Crippen molar-refractivity contribution >= 4 is 46.7 Å². The molecule has 1 N–H and O–H groups in total. The predicted molar refractivity (Wildman–Crippen MR) is 130 cm³/mol. The number of methoxy groups -OCH3 is 1. The fourth-order valence-electron chi connectivity index (χ4n) is 4.75. The van der Waals surface area contributed by atoms with Gasteiger partial charge >= 0.3 is 5.97 Å². The van der Waals surface area contributed by atoms with Crippen molar-refractivity contribution in [2.45, 2.75) is 57.0 Å². The molecule has 1 aromatic rings. The van der Waals surface area contributed by atoms with Crippen LogP contribution in [0, 0.1) is 0 Å². The van der Waals surface area contributed by atoms with Crippen LogP contribution in [0.1, 0.15) is 44.1 Å². The number of hydrogen-bond donors (Lipinski definition) is 1. The van der Waals surface area contributed by atoms with Crippen molar-refractivity contribution in [3.8, 4) is 0 Å². The number of halogens is 2. The van der Waals surface area contributed by atoms with Crippen molar-refractivity contribution in [2.75, 3.05) is 32.6 Å². The number of amides is 2. The lowest BCUT2D eigenvalue weighted by atomic mass is 9.88. The Morgan fingerprint density at radius 3 is 2.45 bits per heavy atom. The van der Waals surface area contributed by atoms with Crippen LogP contribution in [0.5, 0.6) is 0 Å². The van der Waals surface area contributed by atoms with E-state index in [9.17, 15) is 14.4 Å². The van der Waals surface area contributed by atoms with Crippen LogP contribution in [0.15, 0.2) is 24.3 Å². The maximum atomic E-state index is 13.3. The summed E-state index contributed by atoms with van der Waals surface area (Å²) in [4.78, 5) is 41.2. The molecule has 0 radical (unpaired) electrons. The number of nitrogens with one attached hydrogen (secondary N) is 1. The van der Waals surface area contributed by atoms with Gasteiger partial charge in [-0.3, -0.25) is 14.5 Å². The van der Waals surface area contributed by atoms with Gasteiger partial charge in [0.05, 0.1) is 23.6 Å². The van der Waals surface area contributed by atoms with Crippen molar-refractivity contribution in [3.05, 3.63) is 39.9 Å². The molecule has 0 spiro atoms. The Hall–Kier alpha value is -2.09. The minimum Gasteiger partial charge on any atom is -0.466 e. The summed E-state index contributed by atoms with van der Waals surface area (Å²) in [6, 6.07) is 3.69. The second kappa shape index (κ2) is 11.9. The molecule has 1 aliphatic carbocycles. The average Bonchev–Trinajstić information content (AvgIpc) is 3.35. The second-order valence-corrected chi connectivity index (χ2v) is 9.43. The highest BCUT2D eigenvalue weighted by Crippen LogP contribution is 2.32. The van der Waals surface area contributed by atoms with E-state index in [1.54, 1.807) is 6.07 Å². The zero-order valence-electron chi connectivity index (χ0n) is 19.1. The van der Waals surface area contributed by atoms with Crippen LogP contribution in [-0.2, 0) is 25.5 Å². The van der Waals surface area contributed by atoms with Crippen molar-refractivity contribution < 1.29 is 19.1 Å². The fraction of sp³-hybridized carbons (Fsp3) is 0.542. The first-order valence-corrected chi connectivity index (χ1v) is 12.1. The molecule has 0 bridgehead atoms. The first-order chi connectivity index (χ1) is 15.8. The van der Waals surface area contributed by atoms with E-state index < -0.39 is 11.9 Å². The third-order valence-electron chi connectivity index (χ3n) is 6.51. The molecule has 1 saturated carbocycles. The smallest absolute Gasteiger partial charge is 0.330 e. The van der Waals surface area contributed by atoms with Gasteiger partial charge in [0.25, 0.3) is 0 Å². The van der Waals surface area contributed by atoms with E-state index in [-0.39, 0.29) is 23.4 Å². The summed E-state index contributed by atoms with van der Waals surface area (Å²) in [5.41, 5.74) is 0.944. The molecule has 1 heterocycles. The molecule has 1 aromatic carbocycles. The van der Waals surface area contributed by atoms with E-state index in [4.69, 9.17) is 23.2 Å². The minimum atomic E-state index is -0.642. The number of benzene rings is 1. The van der Waals surface area contributed by atoms with Gasteiger partial charge in [-0.1, -0.05) is 36.0 Å². The third-order valence-corrected chi connectivity index (χ3v) is 7.23. The molecule has 0 aromatic heterocycles. The molecule has 2 atom stereocenters. The number of nitrogens with zero attached hydrogens (tertiary/aromatic N) is 2. The molecule has 33 heavy (non-hydrogen) atoms.